The number of methoxy groups -OCH3 is 1. The Hall–Kier alpha value is -1.99. The maximum atomic E-state index is 12.4. The van der Waals surface area contributed by atoms with E-state index in [0.29, 0.717) is 23.7 Å². The molecule has 0 saturated heterocycles. The van der Waals surface area contributed by atoms with Crippen LogP contribution in [0.1, 0.15) is 23.1 Å². The molecule has 3 rings (SSSR count). The fraction of sp³-hybridized carbons (Fsp3) is 0.222. The molecule has 0 aliphatic carbocycles. The lowest BCUT2D eigenvalue weighted by molar-refractivity contribution is 0.0517. The maximum absolute atomic E-state index is 12.4. The Labute approximate surface area is 158 Å². The molecule has 1 aromatic carbocycles. The van der Waals surface area contributed by atoms with E-state index in [0.717, 1.165) is 20.8 Å². The third-order valence-electron chi connectivity index (χ3n) is 3.56. The molecular formula is C18H17BrN2O3S. The molecule has 0 aliphatic rings. The number of imidazole rings is 1. The van der Waals surface area contributed by atoms with Crippen molar-refractivity contribution in [1.29, 1.82) is 0 Å². The Morgan fingerprint density at radius 2 is 2.00 bits per heavy atom. The first kappa shape index (κ1) is 17.8. The van der Waals surface area contributed by atoms with Crippen LogP contribution in [0, 0.1) is 0 Å². The van der Waals surface area contributed by atoms with Crippen LogP contribution in [-0.2, 0) is 10.5 Å². The molecule has 0 amide bonds. The summed E-state index contributed by atoms with van der Waals surface area (Å²) in [6, 6.07) is 11.6. The van der Waals surface area contributed by atoms with Gasteiger partial charge in [-0.05, 0) is 59.3 Å². The molecule has 0 unspecified atom stereocenters. The number of thioether (sulfide) groups is 1. The zero-order valence-electron chi connectivity index (χ0n) is 13.9. The van der Waals surface area contributed by atoms with Crippen molar-refractivity contribution in [3.63, 3.8) is 0 Å². The van der Waals surface area contributed by atoms with Gasteiger partial charge in [-0.15, -0.1) is 11.8 Å². The summed E-state index contributed by atoms with van der Waals surface area (Å²) < 4.78 is 13.0. The van der Waals surface area contributed by atoms with E-state index in [9.17, 15) is 4.79 Å². The molecule has 2 aromatic heterocycles. The molecule has 0 saturated carbocycles. The number of benzene rings is 1. The number of nitrogens with zero attached hydrogens (tertiary/aromatic N) is 2. The highest BCUT2D eigenvalue weighted by atomic mass is 79.9. The average molecular weight is 421 g/mol. The molecule has 0 N–H and O–H groups in total. The molecule has 0 bridgehead atoms. The van der Waals surface area contributed by atoms with Crippen molar-refractivity contribution >= 4 is 39.3 Å². The second kappa shape index (κ2) is 7.93. The number of fused-ring (bicyclic) bond motifs is 1. The van der Waals surface area contributed by atoms with Gasteiger partial charge in [0.1, 0.15) is 11.4 Å². The molecule has 5 nitrogen and oxygen atoms in total. The van der Waals surface area contributed by atoms with Gasteiger partial charge in [0.05, 0.1) is 19.4 Å². The van der Waals surface area contributed by atoms with Gasteiger partial charge in [-0.25, -0.2) is 9.78 Å². The van der Waals surface area contributed by atoms with Crippen molar-refractivity contribution in [1.82, 2.24) is 9.38 Å². The molecule has 3 aromatic rings. The first-order chi connectivity index (χ1) is 12.1. The lowest BCUT2D eigenvalue weighted by Crippen LogP contribution is -2.10. The zero-order chi connectivity index (χ0) is 17.8. The van der Waals surface area contributed by atoms with Crippen LogP contribution in [0.15, 0.2) is 52.0 Å². The highest BCUT2D eigenvalue weighted by Crippen LogP contribution is 2.27. The minimum Gasteiger partial charge on any atom is -0.497 e. The molecular weight excluding hydrogens is 404 g/mol. The first-order valence-corrected chi connectivity index (χ1v) is 9.50. The van der Waals surface area contributed by atoms with E-state index in [2.05, 4.69) is 20.9 Å². The molecule has 0 aliphatic heterocycles. The smallest absolute Gasteiger partial charge is 0.357 e. The third-order valence-corrected chi connectivity index (χ3v) is 5.05. The third kappa shape index (κ3) is 3.99. The normalized spacial score (nSPS) is 10.8. The summed E-state index contributed by atoms with van der Waals surface area (Å²) >= 11 is 5.05. The number of hydrogen-bond acceptors (Lipinski definition) is 5. The summed E-state index contributed by atoms with van der Waals surface area (Å²) in [5.74, 6) is 1.02. The van der Waals surface area contributed by atoms with Gasteiger partial charge in [-0.3, -0.25) is 4.40 Å². The van der Waals surface area contributed by atoms with E-state index in [1.165, 1.54) is 0 Å². The number of ether oxygens (including phenoxy) is 2. The summed E-state index contributed by atoms with van der Waals surface area (Å²) in [5, 5.41) is 0. The number of rotatable bonds is 6. The lowest BCUT2D eigenvalue weighted by atomic mass is 10.3. The van der Waals surface area contributed by atoms with Gasteiger partial charge in [0.15, 0.2) is 5.69 Å². The van der Waals surface area contributed by atoms with Crippen LogP contribution in [0.4, 0.5) is 0 Å². The Kier molecular flexibility index (Phi) is 5.65. The highest BCUT2D eigenvalue weighted by Gasteiger charge is 2.20. The fourth-order valence-corrected chi connectivity index (χ4v) is 3.58. The SMILES string of the molecule is CCOC(=O)c1c(CSc2ccc(OC)cc2)nc2ccc(Br)cn12. The van der Waals surface area contributed by atoms with Crippen LogP contribution in [0.2, 0.25) is 0 Å². The van der Waals surface area contributed by atoms with Gasteiger partial charge in [-0.1, -0.05) is 0 Å². The second-order valence-corrected chi connectivity index (χ2v) is 7.13. The van der Waals surface area contributed by atoms with Crippen LogP contribution >= 0.6 is 27.7 Å². The maximum Gasteiger partial charge on any atom is 0.357 e. The number of hydrogen-bond donors (Lipinski definition) is 0. The summed E-state index contributed by atoms with van der Waals surface area (Å²) in [6.07, 6.45) is 1.83. The Balaban J connectivity index is 1.91. The molecule has 0 atom stereocenters. The van der Waals surface area contributed by atoms with E-state index in [1.54, 1.807) is 30.2 Å². The first-order valence-electron chi connectivity index (χ1n) is 7.73. The van der Waals surface area contributed by atoms with E-state index in [-0.39, 0.29) is 5.97 Å². The summed E-state index contributed by atoms with van der Waals surface area (Å²) in [5.41, 5.74) is 1.90. The predicted octanol–water partition coefficient (Wildman–Crippen LogP) is 4.57. The van der Waals surface area contributed by atoms with Gasteiger partial charge >= 0.3 is 5.97 Å². The van der Waals surface area contributed by atoms with Crippen molar-refractivity contribution in [3.05, 3.63) is 58.5 Å². The molecule has 130 valence electrons. The van der Waals surface area contributed by atoms with Crippen molar-refractivity contribution < 1.29 is 14.3 Å². The number of carbonyl (C=O) groups excluding carboxylic acids is 1. The van der Waals surface area contributed by atoms with E-state index in [1.807, 2.05) is 42.6 Å². The van der Waals surface area contributed by atoms with Gasteiger partial charge in [0.2, 0.25) is 0 Å². The predicted molar refractivity (Wildman–Crippen MR) is 101 cm³/mol. The average Bonchev–Trinajstić information content (AvgIpc) is 2.98. The lowest BCUT2D eigenvalue weighted by Gasteiger charge is -2.06. The van der Waals surface area contributed by atoms with Crippen LogP contribution in [0.5, 0.6) is 5.75 Å². The van der Waals surface area contributed by atoms with Gasteiger partial charge in [0.25, 0.3) is 0 Å². The van der Waals surface area contributed by atoms with Crippen LogP contribution < -0.4 is 4.74 Å². The molecule has 0 radical (unpaired) electrons. The Morgan fingerprint density at radius 1 is 1.24 bits per heavy atom. The largest absolute Gasteiger partial charge is 0.497 e. The van der Waals surface area contributed by atoms with Crippen molar-refractivity contribution in [3.8, 4) is 5.75 Å². The number of halogens is 1. The number of carbonyl (C=O) groups is 1. The summed E-state index contributed by atoms with van der Waals surface area (Å²) in [4.78, 5) is 18.1. The monoisotopic (exact) mass is 420 g/mol. The van der Waals surface area contributed by atoms with Gasteiger partial charge in [0, 0.05) is 21.3 Å². The minimum atomic E-state index is -0.363. The van der Waals surface area contributed by atoms with Crippen LogP contribution in [0.3, 0.4) is 0 Å². The number of esters is 1. The topological polar surface area (TPSA) is 52.8 Å². The number of aromatic nitrogens is 2. The number of pyridine rings is 1. The fourth-order valence-electron chi connectivity index (χ4n) is 2.41. The Morgan fingerprint density at radius 3 is 2.68 bits per heavy atom. The van der Waals surface area contributed by atoms with Crippen molar-refractivity contribution in [2.24, 2.45) is 0 Å². The standard InChI is InChI=1S/C18H17BrN2O3S/c1-3-24-18(22)17-15(20-16-9-4-12(19)10-21(16)17)11-25-14-7-5-13(23-2)6-8-14/h4-10H,3,11H2,1-2H3. The molecule has 2 heterocycles. The summed E-state index contributed by atoms with van der Waals surface area (Å²) in [6.45, 7) is 2.12. The minimum absolute atomic E-state index is 0.325. The van der Waals surface area contributed by atoms with E-state index < -0.39 is 0 Å². The van der Waals surface area contributed by atoms with Gasteiger partial charge < -0.3 is 9.47 Å². The molecule has 25 heavy (non-hydrogen) atoms. The molecule has 0 spiro atoms. The molecule has 7 heteroatoms. The highest BCUT2D eigenvalue weighted by molar-refractivity contribution is 9.10. The zero-order valence-corrected chi connectivity index (χ0v) is 16.3. The Bertz CT molecular complexity index is 893. The van der Waals surface area contributed by atoms with Gasteiger partial charge in [-0.2, -0.15) is 0 Å². The van der Waals surface area contributed by atoms with E-state index in [4.69, 9.17) is 9.47 Å². The summed E-state index contributed by atoms with van der Waals surface area (Å²) in [7, 11) is 1.64. The second-order valence-electron chi connectivity index (χ2n) is 5.17. The van der Waals surface area contributed by atoms with E-state index >= 15 is 0 Å². The molecule has 0 fully saturated rings. The van der Waals surface area contributed by atoms with Crippen molar-refractivity contribution in [2.45, 2.75) is 17.6 Å². The van der Waals surface area contributed by atoms with Crippen molar-refractivity contribution in [2.75, 3.05) is 13.7 Å². The van der Waals surface area contributed by atoms with Crippen LogP contribution in [0.25, 0.3) is 5.65 Å². The quantitative estimate of drug-likeness (QED) is 0.431. The van der Waals surface area contributed by atoms with Crippen LogP contribution in [-0.4, -0.2) is 29.1 Å².